The van der Waals surface area contributed by atoms with Gasteiger partial charge in [-0.15, -0.1) is 0 Å². The number of aliphatic hydroxyl groups is 3. The Labute approximate surface area is 235 Å². The molecule has 0 radical (unpaired) electrons. The number of aliphatic hydroxyl groups excluding tert-OH is 2. The maximum atomic E-state index is 12.9. The van der Waals surface area contributed by atoms with E-state index >= 15 is 0 Å². The standard InChI is InChI=1S/C32H54O7/c1-11-31(18(2)16-21(34)26(28(7,8)37)38-20(4)33)32(39-31)17-22(35)25-29(9,19(32)3)14-12-23-27(5,6)24(36)13-15-30(23,25)10/h18-19,21-23,25-26,34-35,37H,11-17H2,1-10H3/t18-,19+,21+,22+,23+,25-,26-,29-,30+,31-,32-/m1/s1. The summed E-state index contributed by atoms with van der Waals surface area (Å²) in [6.07, 6.45) is 2.25. The van der Waals surface area contributed by atoms with Crippen molar-refractivity contribution in [1.29, 1.82) is 0 Å². The maximum absolute atomic E-state index is 12.9. The SMILES string of the molecule is CC[C@]1([C@H](C)C[C@H](O)[C@@H](OC(C)=O)C(C)(C)O)O[C@@]12C[C@H](O)[C@@H]1[C@](C)(CC[C@H]3C(C)(C)C(=O)CC[C@]13C)[C@@H]2C. The Morgan fingerprint density at radius 2 is 1.79 bits per heavy atom. The molecule has 7 heteroatoms. The number of carbonyl (C=O) groups is 2. The van der Waals surface area contributed by atoms with Crippen LogP contribution >= 0.6 is 0 Å². The van der Waals surface area contributed by atoms with Gasteiger partial charge in [0.05, 0.1) is 17.8 Å². The lowest BCUT2D eigenvalue weighted by Crippen LogP contribution is -2.66. The van der Waals surface area contributed by atoms with E-state index in [0.717, 1.165) is 25.7 Å². The molecule has 0 unspecified atom stereocenters. The highest BCUT2D eigenvalue weighted by Crippen LogP contribution is 2.75. The Bertz CT molecular complexity index is 985. The van der Waals surface area contributed by atoms with Crippen LogP contribution in [0.2, 0.25) is 0 Å². The zero-order chi connectivity index (χ0) is 29.6. The van der Waals surface area contributed by atoms with Crippen molar-refractivity contribution in [2.24, 2.45) is 39.9 Å². The van der Waals surface area contributed by atoms with Gasteiger partial charge in [-0.1, -0.05) is 48.5 Å². The van der Waals surface area contributed by atoms with Crippen LogP contribution in [0, 0.1) is 39.9 Å². The van der Waals surface area contributed by atoms with Crippen LogP contribution in [0.1, 0.15) is 114 Å². The summed E-state index contributed by atoms with van der Waals surface area (Å²) in [5, 5.41) is 33.8. The fourth-order valence-corrected chi connectivity index (χ4v) is 10.6. The van der Waals surface area contributed by atoms with E-state index in [-0.39, 0.29) is 39.9 Å². The summed E-state index contributed by atoms with van der Waals surface area (Å²) in [4.78, 5) is 24.6. The molecule has 39 heavy (non-hydrogen) atoms. The molecule has 1 saturated heterocycles. The van der Waals surface area contributed by atoms with Gasteiger partial charge < -0.3 is 24.8 Å². The first-order valence-electron chi connectivity index (χ1n) is 15.2. The van der Waals surface area contributed by atoms with Crippen LogP contribution in [0.4, 0.5) is 0 Å². The second kappa shape index (κ2) is 9.50. The molecule has 11 atom stereocenters. The molecule has 0 aromatic rings. The van der Waals surface area contributed by atoms with Crippen LogP contribution < -0.4 is 0 Å². The summed E-state index contributed by atoms with van der Waals surface area (Å²) in [5.74, 6) is 0.230. The van der Waals surface area contributed by atoms with Crippen LogP contribution in [0.15, 0.2) is 0 Å². The predicted molar refractivity (Wildman–Crippen MR) is 149 cm³/mol. The van der Waals surface area contributed by atoms with Crippen molar-refractivity contribution in [2.45, 2.75) is 149 Å². The molecule has 1 aliphatic heterocycles. The van der Waals surface area contributed by atoms with Crippen LogP contribution in [0.5, 0.6) is 0 Å². The van der Waals surface area contributed by atoms with Crippen molar-refractivity contribution in [3.63, 3.8) is 0 Å². The minimum Gasteiger partial charge on any atom is -0.457 e. The van der Waals surface area contributed by atoms with Crippen molar-refractivity contribution in [2.75, 3.05) is 0 Å². The number of ether oxygens (including phenoxy) is 2. The third kappa shape index (κ3) is 4.35. The van der Waals surface area contributed by atoms with Crippen LogP contribution in [-0.2, 0) is 19.1 Å². The van der Waals surface area contributed by atoms with E-state index in [4.69, 9.17) is 9.47 Å². The third-order valence-electron chi connectivity index (χ3n) is 12.5. The lowest BCUT2D eigenvalue weighted by Gasteiger charge is -2.67. The second-order valence-corrected chi connectivity index (χ2v) is 15.3. The zero-order valence-electron chi connectivity index (χ0n) is 26.0. The summed E-state index contributed by atoms with van der Waals surface area (Å²) < 4.78 is 12.2. The molecule has 4 rings (SSSR count). The Morgan fingerprint density at radius 1 is 1.18 bits per heavy atom. The topological polar surface area (TPSA) is 117 Å². The zero-order valence-corrected chi connectivity index (χ0v) is 26.0. The molecule has 3 saturated carbocycles. The predicted octanol–water partition coefficient (Wildman–Crippen LogP) is 4.82. The van der Waals surface area contributed by atoms with Gasteiger partial charge in [0.15, 0.2) is 6.10 Å². The molecule has 224 valence electrons. The Morgan fingerprint density at radius 3 is 2.33 bits per heavy atom. The molecule has 4 fully saturated rings. The van der Waals surface area contributed by atoms with E-state index in [2.05, 4.69) is 48.5 Å². The average molecular weight is 551 g/mol. The molecule has 0 amide bonds. The van der Waals surface area contributed by atoms with E-state index in [9.17, 15) is 24.9 Å². The Hall–Kier alpha value is -1.02. The molecular formula is C32H54O7. The first-order chi connectivity index (χ1) is 17.7. The normalized spacial score (nSPS) is 45.6. The summed E-state index contributed by atoms with van der Waals surface area (Å²) in [6, 6.07) is 0. The Kier molecular flexibility index (Phi) is 7.54. The molecule has 1 spiro atoms. The van der Waals surface area contributed by atoms with Crippen molar-refractivity contribution >= 4 is 11.8 Å². The lowest BCUT2D eigenvalue weighted by molar-refractivity contribution is -0.213. The average Bonchev–Trinajstić information content (AvgIpc) is 3.46. The van der Waals surface area contributed by atoms with E-state index < -0.39 is 41.1 Å². The summed E-state index contributed by atoms with van der Waals surface area (Å²) >= 11 is 0. The van der Waals surface area contributed by atoms with Gasteiger partial charge in [0.2, 0.25) is 0 Å². The first kappa shape index (κ1) is 30.9. The number of hydrogen-bond acceptors (Lipinski definition) is 7. The number of fused-ring (bicyclic) bond motifs is 3. The third-order valence-corrected chi connectivity index (χ3v) is 12.5. The monoisotopic (exact) mass is 550 g/mol. The number of ketones is 1. The smallest absolute Gasteiger partial charge is 0.303 e. The van der Waals surface area contributed by atoms with Crippen molar-refractivity contribution in [1.82, 2.24) is 0 Å². The first-order valence-corrected chi connectivity index (χ1v) is 15.2. The number of rotatable bonds is 7. The minimum atomic E-state index is -1.40. The lowest BCUT2D eigenvalue weighted by atomic mass is 9.37. The molecule has 1 heterocycles. The van der Waals surface area contributed by atoms with Crippen LogP contribution in [0.25, 0.3) is 0 Å². The largest absolute Gasteiger partial charge is 0.457 e. The van der Waals surface area contributed by atoms with Gasteiger partial charge in [-0.05, 0) is 80.5 Å². The van der Waals surface area contributed by atoms with Gasteiger partial charge in [-0.2, -0.15) is 0 Å². The molecule has 7 nitrogen and oxygen atoms in total. The molecule has 0 aromatic carbocycles. The van der Waals surface area contributed by atoms with Crippen LogP contribution in [-0.4, -0.2) is 62.2 Å². The Balaban J connectivity index is 1.62. The number of Topliss-reactive ketones (excluding diaryl/α,β-unsaturated/α-hetero) is 1. The number of hydrogen-bond donors (Lipinski definition) is 3. The highest BCUT2D eigenvalue weighted by molar-refractivity contribution is 5.85. The van der Waals surface area contributed by atoms with Gasteiger partial charge in [0.1, 0.15) is 17.0 Å². The van der Waals surface area contributed by atoms with Crippen LogP contribution in [0.3, 0.4) is 0 Å². The summed E-state index contributed by atoms with van der Waals surface area (Å²) in [6.45, 7) is 19.7. The van der Waals surface area contributed by atoms with E-state index in [1.54, 1.807) is 0 Å². The fourth-order valence-electron chi connectivity index (χ4n) is 10.6. The van der Waals surface area contributed by atoms with Gasteiger partial charge in [0.25, 0.3) is 0 Å². The molecule has 4 aliphatic rings. The van der Waals surface area contributed by atoms with Gasteiger partial charge >= 0.3 is 5.97 Å². The quantitative estimate of drug-likeness (QED) is 0.307. The van der Waals surface area contributed by atoms with E-state index in [0.29, 0.717) is 25.0 Å². The molecule has 0 bridgehead atoms. The minimum absolute atomic E-state index is 0.0833. The maximum Gasteiger partial charge on any atom is 0.303 e. The molecule has 3 N–H and O–H groups in total. The molecule has 3 aliphatic carbocycles. The number of esters is 1. The van der Waals surface area contributed by atoms with Gasteiger partial charge in [-0.25, -0.2) is 0 Å². The highest BCUT2D eigenvalue weighted by atomic mass is 16.6. The highest BCUT2D eigenvalue weighted by Gasteiger charge is 2.80. The number of carbonyl (C=O) groups excluding carboxylic acids is 2. The van der Waals surface area contributed by atoms with Crippen molar-refractivity contribution in [3.05, 3.63) is 0 Å². The van der Waals surface area contributed by atoms with E-state index in [1.807, 2.05) is 0 Å². The summed E-state index contributed by atoms with van der Waals surface area (Å²) in [7, 11) is 0. The van der Waals surface area contributed by atoms with Gasteiger partial charge in [-0.3, -0.25) is 9.59 Å². The van der Waals surface area contributed by atoms with Gasteiger partial charge in [0, 0.05) is 25.2 Å². The van der Waals surface area contributed by atoms with Crippen molar-refractivity contribution < 1.29 is 34.4 Å². The molecule has 0 aromatic heterocycles. The van der Waals surface area contributed by atoms with E-state index in [1.165, 1.54) is 20.8 Å². The number of epoxide rings is 1. The fraction of sp³-hybridized carbons (Fsp3) is 0.938. The molecular weight excluding hydrogens is 496 g/mol. The van der Waals surface area contributed by atoms with Crippen molar-refractivity contribution in [3.8, 4) is 0 Å². The second-order valence-electron chi connectivity index (χ2n) is 15.3. The summed E-state index contributed by atoms with van der Waals surface area (Å²) in [5.41, 5.74) is -3.08.